The first-order valence-corrected chi connectivity index (χ1v) is 8.43. The maximum absolute atomic E-state index is 11.6. The third-order valence-electron chi connectivity index (χ3n) is 4.31. The Hall–Kier alpha value is -2.03. The quantitative estimate of drug-likeness (QED) is 0.801. The highest BCUT2D eigenvalue weighted by molar-refractivity contribution is 6.43. The molecule has 3 heterocycles. The Balaban J connectivity index is 0.00000196. The molecule has 0 saturated carbocycles. The lowest BCUT2D eigenvalue weighted by molar-refractivity contribution is 0.157. The van der Waals surface area contributed by atoms with Crippen molar-refractivity contribution in [3.05, 3.63) is 28.2 Å². The van der Waals surface area contributed by atoms with E-state index in [1.165, 1.54) is 0 Å². The fraction of sp³-hybridized carbons (Fsp3) is 0.333. The Morgan fingerprint density at radius 1 is 1.23 bits per heavy atom. The molecule has 2 saturated heterocycles. The van der Waals surface area contributed by atoms with E-state index in [2.05, 4.69) is 15.2 Å². The summed E-state index contributed by atoms with van der Waals surface area (Å²) in [5, 5.41) is 9.14. The van der Waals surface area contributed by atoms with Gasteiger partial charge in [-0.05, 0) is 6.07 Å². The van der Waals surface area contributed by atoms with Crippen molar-refractivity contribution in [3.63, 3.8) is 0 Å². The number of aromatic nitrogens is 3. The van der Waals surface area contributed by atoms with Crippen LogP contribution in [0.2, 0.25) is 10.0 Å². The summed E-state index contributed by atoms with van der Waals surface area (Å²) in [6.07, 6.45) is -0.269. The molecule has 1 aromatic carbocycles. The summed E-state index contributed by atoms with van der Waals surface area (Å²) >= 11 is 12.3. The molecule has 1 amide bonds. The van der Waals surface area contributed by atoms with Crippen molar-refractivity contribution in [2.75, 3.05) is 36.9 Å². The molecular weight excluding hydrogens is 403 g/mol. The standard InChI is InChI=1S/C15H14Cl2N6O2.ClH/c16-10-3-1-2-9(11(10)17)12-13(18)19-14(21-20-12)22-4-5-23-8(6-22)7-25-15(23)24;/h1-3,8H,4-7H2,(H2,18,19,21);1H/t8-;/m0./s1. The largest absolute Gasteiger partial charge is 0.447 e. The summed E-state index contributed by atoms with van der Waals surface area (Å²) in [4.78, 5) is 19.6. The van der Waals surface area contributed by atoms with Gasteiger partial charge in [-0.3, -0.25) is 4.90 Å². The number of carbonyl (C=O) groups excluding carboxylic acids is 1. The fourth-order valence-electron chi connectivity index (χ4n) is 3.01. The summed E-state index contributed by atoms with van der Waals surface area (Å²) in [6, 6.07) is 5.20. The molecule has 2 aliphatic rings. The number of nitrogens with two attached hydrogens (primary N) is 1. The van der Waals surface area contributed by atoms with Gasteiger partial charge in [-0.25, -0.2) is 4.79 Å². The van der Waals surface area contributed by atoms with Gasteiger partial charge in [0.15, 0.2) is 5.82 Å². The number of halogens is 3. The number of cyclic esters (lactones) is 1. The van der Waals surface area contributed by atoms with Crippen molar-refractivity contribution >= 4 is 53.5 Å². The van der Waals surface area contributed by atoms with Gasteiger partial charge in [-0.15, -0.1) is 22.6 Å². The van der Waals surface area contributed by atoms with Gasteiger partial charge >= 0.3 is 6.09 Å². The number of fused-ring (bicyclic) bond motifs is 1. The number of anilines is 2. The second kappa shape index (κ2) is 7.30. The molecule has 138 valence electrons. The molecule has 1 aromatic heterocycles. The number of carbonyl (C=O) groups is 1. The Morgan fingerprint density at radius 2 is 2.04 bits per heavy atom. The smallest absolute Gasteiger partial charge is 0.410 e. The highest BCUT2D eigenvalue weighted by Gasteiger charge is 2.38. The number of benzene rings is 1. The van der Waals surface area contributed by atoms with Crippen LogP contribution in [-0.2, 0) is 4.74 Å². The number of nitrogens with zero attached hydrogens (tertiary/aromatic N) is 5. The van der Waals surface area contributed by atoms with Crippen molar-refractivity contribution in [1.29, 1.82) is 0 Å². The average molecular weight is 418 g/mol. The Labute approximate surface area is 165 Å². The third-order valence-corrected chi connectivity index (χ3v) is 5.13. The van der Waals surface area contributed by atoms with E-state index >= 15 is 0 Å². The van der Waals surface area contributed by atoms with Crippen molar-refractivity contribution < 1.29 is 9.53 Å². The zero-order chi connectivity index (χ0) is 17.6. The highest BCUT2D eigenvalue weighted by atomic mass is 35.5. The van der Waals surface area contributed by atoms with Gasteiger partial charge in [0.05, 0.1) is 16.1 Å². The Kier molecular flexibility index (Phi) is 5.27. The lowest BCUT2D eigenvalue weighted by Crippen LogP contribution is -2.52. The second-order valence-electron chi connectivity index (χ2n) is 5.82. The van der Waals surface area contributed by atoms with Crippen LogP contribution in [0.15, 0.2) is 18.2 Å². The van der Waals surface area contributed by atoms with Gasteiger partial charge in [0.25, 0.3) is 0 Å². The zero-order valence-corrected chi connectivity index (χ0v) is 15.8. The predicted octanol–water partition coefficient (Wildman–Crippen LogP) is 2.49. The Morgan fingerprint density at radius 3 is 2.81 bits per heavy atom. The minimum atomic E-state index is -0.269. The molecular formula is C15H15Cl3N6O2. The van der Waals surface area contributed by atoms with Gasteiger partial charge in [0.1, 0.15) is 12.3 Å². The minimum Gasteiger partial charge on any atom is -0.447 e. The van der Waals surface area contributed by atoms with Gasteiger partial charge in [-0.2, -0.15) is 4.98 Å². The summed E-state index contributed by atoms with van der Waals surface area (Å²) in [7, 11) is 0. The topological polar surface area (TPSA) is 97.5 Å². The van der Waals surface area contributed by atoms with Gasteiger partial charge < -0.3 is 15.4 Å². The number of piperazine rings is 1. The number of rotatable bonds is 2. The maximum atomic E-state index is 11.6. The number of amides is 1. The fourth-order valence-corrected chi connectivity index (χ4v) is 3.40. The first-order valence-electron chi connectivity index (χ1n) is 7.67. The van der Waals surface area contributed by atoms with Crippen LogP contribution >= 0.6 is 35.6 Å². The maximum Gasteiger partial charge on any atom is 0.410 e. The molecule has 26 heavy (non-hydrogen) atoms. The van der Waals surface area contributed by atoms with Crippen LogP contribution in [-0.4, -0.2) is 58.5 Å². The van der Waals surface area contributed by atoms with Crippen molar-refractivity contribution in [2.45, 2.75) is 6.04 Å². The molecule has 2 aliphatic heterocycles. The molecule has 0 spiro atoms. The number of nitrogen functional groups attached to an aromatic ring is 1. The Bertz CT molecular complexity index is 852. The summed E-state index contributed by atoms with van der Waals surface area (Å²) < 4.78 is 5.06. The number of hydrogen-bond acceptors (Lipinski definition) is 7. The monoisotopic (exact) mass is 416 g/mol. The highest BCUT2D eigenvalue weighted by Crippen LogP contribution is 2.34. The molecule has 11 heteroatoms. The van der Waals surface area contributed by atoms with E-state index in [0.29, 0.717) is 53.5 Å². The lowest BCUT2D eigenvalue weighted by atomic mass is 10.1. The summed E-state index contributed by atoms with van der Waals surface area (Å²) in [5.74, 6) is 0.633. The molecule has 0 bridgehead atoms. The molecule has 2 aromatic rings. The molecule has 1 atom stereocenters. The van der Waals surface area contributed by atoms with Crippen molar-refractivity contribution in [1.82, 2.24) is 20.1 Å². The molecule has 8 nitrogen and oxygen atoms in total. The van der Waals surface area contributed by atoms with E-state index in [1.54, 1.807) is 23.1 Å². The van der Waals surface area contributed by atoms with Gasteiger partial charge in [0.2, 0.25) is 5.95 Å². The van der Waals surface area contributed by atoms with Crippen LogP contribution in [0.5, 0.6) is 0 Å². The average Bonchev–Trinajstić information content (AvgIpc) is 2.98. The molecule has 2 N–H and O–H groups in total. The summed E-state index contributed by atoms with van der Waals surface area (Å²) in [6.45, 7) is 2.08. The van der Waals surface area contributed by atoms with E-state index in [9.17, 15) is 4.79 Å². The van der Waals surface area contributed by atoms with Gasteiger partial charge in [-0.1, -0.05) is 35.3 Å². The van der Waals surface area contributed by atoms with E-state index in [1.807, 2.05) is 4.90 Å². The summed E-state index contributed by atoms with van der Waals surface area (Å²) in [5.41, 5.74) is 7.04. The van der Waals surface area contributed by atoms with Crippen LogP contribution < -0.4 is 10.6 Å². The van der Waals surface area contributed by atoms with Crippen molar-refractivity contribution in [2.24, 2.45) is 0 Å². The van der Waals surface area contributed by atoms with E-state index in [0.717, 1.165) is 0 Å². The number of hydrogen-bond donors (Lipinski definition) is 1. The molecule has 4 rings (SSSR count). The third kappa shape index (κ3) is 3.20. The number of ether oxygens (including phenoxy) is 1. The first kappa shape index (κ1) is 18.8. The molecule has 0 unspecified atom stereocenters. The second-order valence-corrected chi connectivity index (χ2v) is 6.60. The van der Waals surface area contributed by atoms with E-state index in [4.69, 9.17) is 33.7 Å². The van der Waals surface area contributed by atoms with Crippen LogP contribution in [0.4, 0.5) is 16.6 Å². The predicted molar refractivity (Wildman–Crippen MR) is 101 cm³/mol. The molecule has 0 radical (unpaired) electrons. The van der Waals surface area contributed by atoms with Crippen LogP contribution in [0.1, 0.15) is 0 Å². The molecule has 0 aliphatic carbocycles. The van der Waals surface area contributed by atoms with E-state index < -0.39 is 0 Å². The van der Waals surface area contributed by atoms with Crippen molar-refractivity contribution in [3.8, 4) is 11.3 Å². The SMILES string of the molecule is Cl.Nc1nc(N2CCN3C(=O)OC[C@@H]3C2)nnc1-c1cccc(Cl)c1Cl. The molecule has 2 fully saturated rings. The van der Waals surface area contributed by atoms with Crippen LogP contribution in [0, 0.1) is 0 Å². The lowest BCUT2D eigenvalue weighted by Gasteiger charge is -2.35. The van der Waals surface area contributed by atoms with Gasteiger partial charge in [0, 0.05) is 25.2 Å². The first-order chi connectivity index (χ1) is 12.0. The zero-order valence-electron chi connectivity index (χ0n) is 13.4. The minimum absolute atomic E-state index is 0. The van der Waals surface area contributed by atoms with Crippen LogP contribution in [0.3, 0.4) is 0 Å². The van der Waals surface area contributed by atoms with Crippen LogP contribution in [0.25, 0.3) is 11.3 Å². The normalized spacial score (nSPS) is 19.0. The van der Waals surface area contributed by atoms with E-state index in [-0.39, 0.29) is 30.4 Å².